The summed E-state index contributed by atoms with van der Waals surface area (Å²) in [5.41, 5.74) is -6.35. The highest BCUT2D eigenvalue weighted by Gasteiger charge is 2.62. The van der Waals surface area contributed by atoms with Crippen molar-refractivity contribution in [2.45, 2.75) is 116 Å². The van der Waals surface area contributed by atoms with E-state index < -0.39 is 51.3 Å². The van der Waals surface area contributed by atoms with E-state index in [1.165, 1.54) is 18.2 Å². The average Bonchev–Trinajstić information content (AvgIpc) is 3.45. The highest BCUT2D eigenvalue weighted by atomic mass is 16.6. The number of hydroxylamine groups is 9. The Morgan fingerprint density at radius 3 is 0.833 bits per heavy atom. The van der Waals surface area contributed by atoms with E-state index in [1.54, 1.807) is 138 Å². The van der Waals surface area contributed by atoms with Gasteiger partial charge in [0.05, 0.1) is 0 Å². The van der Waals surface area contributed by atoms with Crippen molar-refractivity contribution in [2.24, 2.45) is 0 Å². The molecule has 4 heterocycles. The van der Waals surface area contributed by atoms with E-state index in [0.29, 0.717) is 29.4 Å². The van der Waals surface area contributed by atoms with Crippen molar-refractivity contribution in [3.63, 3.8) is 0 Å². The average molecular weight is 823 g/mol. The van der Waals surface area contributed by atoms with Crippen molar-refractivity contribution in [3.8, 4) is 35.3 Å². The predicted molar refractivity (Wildman–Crippen MR) is 215 cm³/mol. The minimum Gasteiger partial charge on any atom is -0.714 e. The van der Waals surface area contributed by atoms with Crippen LogP contribution in [0.5, 0.6) is 35.3 Å². The van der Waals surface area contributed by atoms with Gasteiger partial charge in [-0.05, 0) is 119 Å². The largest absolute Gasteiger partial charge is 0.714 e. The molecular weight excluding hydrogens is 775 g/mol. The fourth-order valence-corrected chi connectivity index (χ4v) is 6.96. The molecule has 0 N–H and O–H groups in total. The first kappa shape index (κ1) is 41.9. The van der Waals surface area contributed by atoms with Gasteiger partial charge in [-0.2, -0.15) is 0 Å². The Hall–Kier alpha value is -6.24. The molecule has 18 nitrogen and oxygen atoms in total. The molecule has 0 bridgehead atoms. The summed E-state index contributed by atoms with van der Waals surface area (Å²) >= 11 is 0. The number of rotatable bonds is 9. The lowest BCUT2D eigenvalue weighted by Gasteiger charge is -2.32. The standard InChI is InChI=1S/C42H48N9O9/c1-37(2)38(3,4)47(53)31(46(37)52)25-19-13-16-22-28(25)58-34-43-35(59-29-23-17-14-20-26(29)32-48(54)39(5,6)40(7,8)49(32)55)45-36(44-34)60-30-24-18-15-21-27(30)33-50(56)41(9,10)42(11,12)51(33)57/h13-24H,1-12H3. The molecule has 0 saturated heterocycles. The third-order valence-corrected chi connectivity index (χ3v) is 13.3. The van der Waals surface area contributed by atoms with E-state index in [1.807, 2.05) is 0 Å². The molecule has 18 heteroatoms. The van der Waals surface area contributed by atoms with E-state index >= 15 is 0 Å². The van der Waals surface area contributed by atoms with Crippen LogP contribution < -0.4 is 14.2 Å². The van der Waals surface area contributed by atoms with E-state index in [2.05, 4.69) is 15.0 Å². The molecule has 0 unspecified atom stereocenters. The second-order valence-corrected chi connectivity index (χ2v) is 18.1. The number of aromatic nitrogens is 3. The fourth-order valence-electron chi connectivity index (χ4n) is 6.96. The Bertz CT molecular complexity index is 2210. The van der Waals surface area contributed by atoms with Crippen molar-refractivity contribution in [1.82, 2.24) is 30.1 Å². The zero-order valence-corrected chi connectivity index (χ0v) is 35.6. The van der Waals surface area contributed by atoms with Crippen LogP contribution in [0.1, 0.15) is 99.8 Å². The summed E-state index contributed by atoms with van der Waals surface area (Å²) in [5.74, 6) is -0.515. The van der Waals surface area contributed by atoms with Gasteiger partial charge in [-0.15, -0.1) is 15.0 Å². The van der Waals surface area contributed by atoms with Crippen LogP contribution in [0.3, 0.4) is 0 Å². The van der Waals surface area contributed by atoms with Gasteiger partial charge in [0, 0.05) is 15.6 Å². The molecule has 1 aromatic heterocycles. The third-order valence-electron chi connectivity index (χ3n) is 13.3. The molecule has 3 aliphatic rings. The summed E-state index contributed by atoms with van der Waals surface area (Å²) in [6.07, 6.45) is 0. The van der Waals surface area contributed by atoms with Crippen LogP contribution in [-0.2, 0) is 15.6 Å². The van der Waals surface area contributed by atoms with Gasteiger partial charge in [-0.1, -0.05) is 51.6 Å². The first-order chi connectivity index (χ1) is 27.8. The molecule has 3 radical (unpaired) electrons. The van der Waals surface area contributed by atoms with Crippen LogP contribution in [0.25, 0.3) is 0 Å². The van der Waals surface area contributed by atoms with E-state index in [-0.39, 0.29) is 51.4 Å². The van der Waals surface area contributed by atoms with Gasteiger partial charge in [-0.3, -0.25) is 14.2 Å². The first-order valence-corrected chi connectivity index (χ1v) is 19.3. The second-order valence-electron chi connectivity index (χ2n) is 18.1. The quantitative estimate of drug-likeness (QED) is 0.128. The summed E-state index contributed by atoms with van der Waals surface area (Å²) < 4.78 is 20.6. The van der Waals surface area contributed by atoms with Crippen LogP contribution >= 0.6 is 0 Å². The van der Waals surface area contributed by atoms with Crippen molar-refractivity contribution >= 4 is 17.5 Å². The highest BCUT2D eigenvalue weighted by molar-refractivity contribution is 6.00. The summed E-state index contributed by atoms with van der Waals surface area (Å²) in [6, 6.07) is 17.8. The number of ether oxygens (including phenoxy) is 3. The SMILES string of the molecule is CC1(C)N([O])C(c2ccccc2Oc2nc(Oc3ccccc3C3=[N+]([O-])C(C)(C)C(C)(C)N3[O])nc(Oc3ccccc3C3=[N+]([O-])C(C)(C)C(C)(C)N3[O])n2)=[N+]([O-])C1(C)C. The summed E-state index contributed by atoms with van der Waals surface area (Å²) in [6.45, 7) is 20.1. The Labute approximate surface area is 347 Å². The maximum absolute atomic E-state index is 13.7. The molecule has 0 saturated carbocycles. The van der Waals surface area contributed by atoms with Crippen molar-refractivity contribution in [2.75, 3.05) is 0 Å². The van der Waals surface area contributed by atoms with Gasteiger partial charge in [0.2, 0.25) is 0 Å². The number of para-hydroxylation sites is 3. The monoisotopic (exact) mass is 822 g/mol. The number of benzene rings is 3. The number of hydrogen-bond donors (Lipinski definition) is 0. The predicted octanol–water partition coefficient (Wildman–Crippen LogP) is 6.67. The Morgan fingerprint density at radius 2 is 0.633 bits per heavy atom. The minimum atomic E-state index is -1.13. The minimum absolute atomic E-state index is 0.0246. The molecule has 60 heavy (non-hydrogen) atoms. The van der Waals surface area contributed by atoms with Crippen molar-refractivity contribution in [1.29, 1.82) is 0 Å². The molecule has 3 aromatic carbocycles. The first-order valence-electron chi connectivity index (χ1n) is 19.3. The maximum Gasteiger partial charge on any atom is 0.331 e. The lowest BCUT2D eigenvalue weighted by molar-refractivity contribution is -0.539. The molecule has 315 valence electrons. The van der Waals surface area contributed by atoms with Crippen LogP contribution in [0.15, 0.2) is 72.8 Å². The topological polar surface area (TPSA) is 214 Å². The van der Waals surface area contributed by atoms with Gasteiger partial charge in [0.25, 0.3) is 0 Å². The van der Waals surface area contributed by atoms with Gasteiger partial charge >= 0.3 is 35.5 Å². The zero-order chi connectivity index (χ0) is 44.1. The lowest BCUT2D eigenvalue weighted by atomic mass is 9.84. The Morgan fingerprint density at radius 1 is 0.417 bits per heavy atom. The number of nitrogens with zero attached hydrogens (tertiary/aromatic N) is 9. The van der Waals surface area contributed by atoms with E-state index in [0.717, 1.165) is 0 Å². The zero-order valence-electron chi connectivity index (χ0n) is 35.6. The molecule has 0 fully saturated rings. The summed E-state index contributed by atoms with van der Waals surface area (Å²) in [7, 11) is 0. The van der Waals surface area contributed by atoms with Crippen molar-refractivity contribution < 1.29 is 44.0 Å². The van der Waals surface area contributed by atoms with Crippen molar-refractivity contribution in [3.05, 3.63) is 105 Å². The van der Waals surface area contributed by atoms with Gasteiger partial charge in [0.15, 0.2) is 16.6 Å². The molecule has 0 atom stereocenters. The lowest BCUT2D eigenvalue weighted by Crippen LogP contribution is -2.53. The third kappa shape index (κ3) is 5.95. The van der Waals surface area contributed by atoms with Gasteiger partial charge in [-0.25, -0.2) is 0 Å². The van der Waals surface area contributed by atoms with Crippen LogP contribution in [0.2, 0.25) is 0 Å². The van der Waals surface area contributed by atoms with E-state index in [9.17, 15) is 31.2 Å². The van der Waals surface area contributed by atoms with Crippen LogP contribution in [-0.4, -0.2) is 95.1 Å². The maximum atomic E-state index is 13.7. The summed E-state index contributed by atoms with van der Waals surface area (Å²) in [5, 5.41) is 84.2. The molecule has 4 aromatic rings. The molecule has 0 amide bonds. The molecule has 0 spiro atoms. The van der Waals surface area contributed by atoms with Gasteiger partial charge < -0.3 is 29.8 Å². The smallest absolute Gasteiger partial charge is 0.331 e. The van der Waals surface area contributed by atoms with E-state index in [4.69, 9.17) is 14.2 Å². The Balaban J connectivity index is 1.35. The molecular formula is C42H48N9O9. The summed E-state index contributed by atoms with van der Waals surface area (Å²) in [4.78, 5) is 13.2. The molecule has 3 aliphatic heterocycles. The molecule has 0 aliphatic carbocycles. The highest BCUT2D eigenvalue weighted by Crippen LogP contribution is 2.43. The number of amidine groups is 3. The normalized spacial score (nSPS) is 20.9. The molecule has 7 rings (SSSR count). The van der Waals surface area contributed by atoms with Gasteiger partial charge in [0.1, 0.15) is 50.6 Å². The Kier molecular flexibility index (Phi) is 9.53. The second kappa shape index (κ2) is 13.7. The van der Waals surface area contributed by atoms with Crippen LogP contribution in [0, 0.1) is 15.6 Å². The fraction of sp³-hybridized carbons (Fsp3) is 0.429. The van der Waals surface area contributed by atoms with Crippen LogP contribution in [0.4, 0.5) is 0 Å². The number of hydrogen-bond acceptors (Lipinski definition) is 12.